The Labute approximate surface area is 162 Å². The first-order valence-corrected chi connectivity index (χ1v) is 9.31. The molecule has 1 N–H and O–H groups in total. The summed E-state index contributed by atoms with van der Waals surface area (Å²) in [7, 11) is 1.55. The Morgan fingerprint density at radius 3 is 2.93 bits per heavy atom. The first-order valence-electron chi connectivity index (χ1n) is 9.31. The molecule has 5 heteroatoms. The van der Waals surface area contributed by atoms with Crippen LogP contribution in [0.1, 0.15) is 46.5 Å². The summed E-state index contributed by atoms with van der Waals surface area (Å²) in [6, 6.07) is 0. The molecule has 0 radical (unpaired) electrons. The van der Waals surface area contributed by atoms with Crippen molar-refractivity contribution >= 4 is 5.97 Å². The molecule has 1 heterocycles. The van der Waals surface area contributed by atoms with Gasteiger partial charge in [0.25, 0.3) is 0 Å². The zero-order valence-corrected chi connectivity index (χ0v) is 16.7. The van der Waals surface area contributed by atoms with Crippen molar-refractivity contribution in [2.75, 3.05) is 13.9 Å². The minimum atomic E-state index is -0.834. The molecule has 3 unspecified atom stereocenters. The molecule has 2 bridgehead atoms. The van der Waals surface area contributed by atoms with Crippen molar-refractivity contribution in [3.8, 4) is 11.8 Å². The van der Waals surface area contributed by atoms with Crippen molar-refractivity contribution < 1.29 is 24.1 Å². The van der Waals surface area contributed by atoms with Crippen LogP contribution in [0.4, 0.5) is 0 Å². The minimum Gasteiger partial charge on any atom is -0.455 e. The highest BCUT2D eigenvalue weighted by atomic mass is 16.7. The molecule has 0 saturated heterocycles. The van der Waals surface area contributed by atoms with Gasteiger partial charge in [-0.25, -0.2) is 4.79 Å². The second-order valence-electron chi connectivity index (χ2n) is 7.61. The van der Waals surface area contributed by atoms with Gasteiger partial charge in [0.1, 0.15) is 18.5 Å². The Bertz CT molecular complexity index is 693. The number of aliphatic hydroxyl groups excluding tert-OH is 1. The highest BCUT2D eigenvalue weighted by Crippen LogP contribution is 2.30. The van der Waals surface area contributed by atoms with E-state index in [0.29, 0.717) is 24.8 Å². The largest absolute Gasteiger partial charge is 0.455 e. The molecule has 1 aliphatic heterocycles. The molecule has 5 nitrogen and oxygen atoms in total. The van der Waals surface area contributed by atoms with E-state index in [0.717, 1.165) is 17.6 Å². The van der Waals surface area contributed by atoms with Gasteiger partial charge in [0.2, 0.25) is 0 Å². The summed E-state index contributed by atoms with van der Waals surface area (Å²) >= 11 is 0. The molecule has 2 rings (SSSR count). The Morgan fingerprint density at radius 1 is 1.52 bits per heavy atom. The molecular formula is C22H30O5. The molecule has 148 valence electrons. The predicted molar refractivity (Wildman–Crippen MR) is 104 cm³/mol. The van der Waals surface area contributed by atoms with E-state index in [1.165, 1.54) is 0 Å². The fraction of sp³-hybridized carbons (Fsp3) is 0.591. The van der Waals surface area contributed by atoms with Gasteiger partial charge >= 0.3 is 5.97 Å². The Morgan fingerprint density at radius 2 is 2.26 bits per heavy atom. The van der Waals surface area contributed by atoms with Crippen LogP contribution in [0.2, 0.25) is 0 Å². The third-order valence-corrected chi connectivity index (χ3v) is 5.12. The van der Waals surface area contributed by atoms with Gasteiger partial charge in [0, 0.05) is 19.1 Å². The topological polar surface area (TPSA) is 65.0 Å². The second-order valence-corrected chi connectivity index (χ2v) is 7.61. The zero-order chi connectivity index (χ0) is 20.0. The fourth-order valence-corrected chi connectivity index (χ4v) is 3.29. The van der Waals surface area contributed by atoms with Crippen LogP contribution < -0.4 is 0 Å². The SMILES string of the molecule is C=C(C)[C@H]1CCC2=CC(CC(C)(OCOC)C#C/C=C(/C)C(O)C1)OC2=O. The number of rotatable bonds is 4. The molecular weight excluding hydrogens is 344 g/mol. The Balaban J connectivity index is 2.34. The maximum Gasteiger partial charge on any atom is 0.334 e. The van der Waals surface area contributed by atoms with E-state index in [2.05, 4.69) is 18.4 Å². The van der Waals surface area contributed by atoms with Gasteiger partial charge in [-0.05, 0) is 63.7 Å². The summed E-state index contributed by atoms with van der Waals surface area (Å²) in [5, 5.41) is 10.5. The van der Waals surface area contributed by atoms with Crippen LogP contribution in [0.15, 0.2) is 35.5 Å². The number of esters is 1. The van der Waals surface area contributed by atoms with Gasteiger partial charge in [-0.15, -0.1) is 0 Å². The molecule has 0 aromatic heterocycles. The lowest BCUT2D eigenvalue weighted by molar-refractivity contribution is -0.144. The molecule has 0 aromatic rings. The molecule has 0 amide bonds. The van der Waals surface area contributed by atoms with Crippen LogP contribution in [0.25, 0.3) is 0 Å². The summed E-state index contributed by atoms with van der Waals surface area (Å²) in [6.45, 7) is 9.81. The van der Waals surface area contributed by atoms with Crippen molar-refractivity contribution in [2.24, 2.45) is 5.92 Å². The third kappa shape index (κ3) is 6.07. The summed E-state index contributed by atoms with van der Waals surface area (Å²) in [5.74, 6) is 5.93. The Hall–Kier alpha value is -1.87. The molecule has 0 saturated carbocycles. The van der Waals surface area contributed by atoms with E-state index in [1.54, 1.807) is 13.2 Å². The van der Waals surface area contributed by atoms with Crippen molar-refractivity contribution in [2.45, 2.75) is 64.3 Å². The molecule has 1 aliphatic carbocycles. The minimum absolute atomic E-state index is 0.0913. The van der Waals surface area contributed by atoms with E-state index in [9.17, 15) is 9.90 Å². The number of ether oxygens (including phenoxy) is 3. The maximum atomic E-state index is 12.2. The lowest BCUT2D eigenvalue weighted by atomic mass is 9.87. The highest BCUT2D eigenvalue weighted by molar-refractivity contribution is 5.90. The van der Waals surface area contributed by atoms with Crippen LogP contribution in [-0.4, -0.2) is 42.8 Å². The average Bonchev–Trinajstić information content (AvgIpc) is 2.94. The number of hydrogen-bond donors (Lipinski definition) is 1. The lowest BCUT2D eigenvalue weighted by Crippen LogP contribution is -2.32. The van der Waals surface area contributed by atoms with Gasteiger partial charge in [0.05, 0.1) is 6.10 Å². The Kier molecular flexibility index (Phi) is 7.43. The first kappa shape index (κ1) is 21.4. The number of carbonyl (C=O) groups excluding carboxylic acids is 1. The third-order valence-electron chi connectivity index (χ3n) is 5.12. The average molecular weight is 374 g/mol. The van der Waals surface area contributed by atoms with Crippen LogP contribution >= 0.6 is 0 Å². The van der Waals surface area contributed by atoms with Gasteiger partial charge in [-0.1, -0.05) is 24.0 Å². The van der Waals surface area contributed by atoms with Crippen molar-refractivity contribution in [1.29, 1.82) is 0 Å². The van der Waals surface area contributed by atoms with Crippen molar-refractivity contribution in [3.63, 3.8) is 0 Å². The standard InChI is InChI=1S/C22H30O5/c1-15(2)17-8-9-18-11-19(27-21(18)24)13-22(4,26-14-25-5)10-6-7-16(3)20(23)12-17/h7,11,17,19-20,23H,1,8-9,12-14H2,2-5H3/b16-7-/t17-,19?,20?,22?/m0/s1. The summed E-state index contributed by atoms with van der Waals surface area (Å²) in [5.41, 5.74) is 1.64. The van der Waals surface area contributed by atoms with Gasteiger partial charge in [-0.3, -0.25) is 0 Å². The number of hydrogen-bond acceptors (Lipinski definition) is 5. The second kappa shape index (κ2) is 9.36. The number of carbonyl (C=O) groups is 1. The number of methoxy groups -OCH3 is 1. The maximum absolute atomic E-state index is 12.2. The van der Waals surface area contributed by atoms with Crippen LogP contribution in [-0.2, 0) is 19.0 Å². The molecule has 4 atom stereocenters. The first-order chi connectivity index (χ1) is 12.7. The van der Waals surface area contributed by atoms with Crippen molar-refractivity contribution in [3.05, 3.63) is 35.5 Å². The van der Waals surface area contributed by atoms with Gasteiger partial charge in [-0.2, -0.15) is 0 Å². The summed E-state index contributed by atoms with van der Waals surface area (Å²) in [6.07, 6.45) is 4.94. The van der Waals surface area contributed by atoms with E-state index in [-0.39, 0.29) is 24.8 Å². The van der Waals surface area contributed by atoms with Crippen LogP contribution in [0.5, 0.6) is 0 Å². The van der Waals surface area contributed by atoms with Crippen LogP contribution in [0.3, 0.4) is 0 Å². The molecule has 27 heavy (non-hydrogen) atoms. The number of aliphatic hydroxyl groups is 1. The predicted octanol–water partition coefficient (Wildman–Crippen LogP) is 3.29. The smallest absolute Gasteiger partial charge is 0.334 e. The molecule has 0 spiro atoms. The highest BCUT2D eigenvalue weighted by Gasteiger charge is 2.33. The van der Waals surface area contributed by atoms with E-state index in [4.69, 9.17) is 14.2 Å². The summed E-state index contributed by atoms with van der Waals surface area (Å²) in [4.78, 5) is 12.2. The lowest BCUT2D eigenvalue weighted by Gasteiger charge is -2.25. The van der Waals surface area contributed by atoms with E-state index >= 15 is 0 Å². The number of fused-ring (bicyclic) bond motifs is 1. The van der Waals surface area contributed by atoms with E-state index < -0.39 is 11.7 Å². The summed E-state index contributed by atoms with van der Waals surface area (Å²) < 4.78 is 16.3. The molecule has 2 aliphatic rings. The van der Waals surface area contributed by atoms with Crippen LogP contribution in [0, 0.1) is 17.8 Å². The zero-order valence-electron chi connectivity index (χ0n) is 16.7. The van der Waals surface area contributed by atoms with Gasteiger partial charge < -0.3 is 19.3 Å². The van der Waals surface area contributed by atoms with Gasteiger partial charge in [0.15, 0.2) is 0 Å². The monoisotopic (exact) mass is 374 g/mol. The normalized spacial score (nSPS) is 33.7. The number of allylic oxidation sites excluding steroid dienone is 2. The molecule has 0 fully saturated rings. The van der Waals surface area contributed by atoms with E-state index in [1.807, 2.05) is 26.8 Å². The van der Waals surface area contributed by atoms with Crippen molar-refractivity contribution in [1.82, 2.24) is 0 Å². The quantitative estimate of drug-likeness (QED) is 0.354. The fourth-order valence-electron chi connectivity index (χ4n) is 3.29. The molecule has 0 aromatic carbocycles.